The van der Waals surface area contributed by atoms with Gasteiger partial charge in [0.25, 0.3) is 5.95 Å². The van der Waals surface area contributed by atoms with Gasteiger partial charge in [0.2, 0.25) is 0 Å². The van der Waals surface area contributed by atoms with Crippen LogP contribution in [0.25, 0.3) is 5.52 Å². The summed E-state index contributed by atoms with van der Waals surface area (Å²) in [5.41, 5.74) is 5.44. The molecule has 1 aliphatic carbocycles. The van der Waals surface area contributed by atoms with Gasteiger partial charge in [-0.2, -0.15) is 10.1 Å². The minimum Gasteiger partial charge on any atom is -0.323 e. The number of fused-ring (bicyclic) bond motifs is 1. The molecule has 4 heterocycles. The molecular formula is C16H20N8. The number of hydrazine groups is 1. The smallest absolute Gasteiger partial charge is 0.260 e. The molecule has 0 bridgehead atoms. The van der Waals surface area contributed by atoms with E-state index in [2.05, 4.69) is 32.1 Å². The predicted octanol–water partition coefficient (Wildman–Crippen LogP) is 2.18. The average Bonchev–Trinajstić information content (AvgIpc) is 3.17. The highest BCUT2D eigenvalue weighted by Gasteiger charge is 2.26. The summed E-state index contributed by atoms with van der Waals surface area (Å²) >= 11 is 0. The third kappa shape index (κ3) is 2.48. The van der Waals surface area contributed by atoms with E-state index < -0.39 is 0 Å². The summed E-state index contributed by atoms with van der Waals surface area (Å²) < 4.78 is 1.86. The van der Waals surface area contributed by atoms with Gasteiger partial charge in [-0.1, -0.05) is 0 Å². The quantitative estimate of drug-likeness (QED) is 0.682. The van der Waals surface area contributed by atoms with Crippen molar-refractivity contribution in [1.82, 2.24) is 30.2 Å². The Labute approximate surface area is 139 Å². The Balaban J connectivity index is 1.49. The summed E-state index contributed by atoms with van der Waals surface area (Å²) in [5, 5.41) is 17.5. The fourth-order valence-electron chi connectivity index (χ4n) is 3.11. The maximum atomic E-state index is 4.73. The van der Waals surface area contributed by atoms with Crippen LogP contribution in [0.5, 0.6) is 0 Å². The van der Waals surface area contributed by atoms with Gasteiger partial charge >= 0.3 is 0 Å². The van der Waals surface area contributed by atoms with E-state index in [1.807, 2.05) is 27.9 Å². The van der Waals surface area contributed by atoms with Gasteiger partial charge in [-0.25, -0.2) is 9.94 Å². The highest BCUT2D eigenvalue weighted by Crippen LogP contribution is 2.39. The summed E-state index contributed by atoms with van der Waals surface area (Å²) in [6.45, 7) is 1.88. The van der Waals surface area contributed by atoms with Crippen molar-refractivity contribution >= 4 is 23.1 Å². The first-order chi connectivity index (χ1) is 11.9. The molecular weight excluding hydrogens is 304 g/mol. The molecule has 1 saturated heterocycles. The van der Waals surface area contributed by atoms with E-state index in [9.17, 15) is 0 Å². The van der Waals surface area contributed by atoms with Gasteiger partial charge in [-0.3, -0.25) is 10.1 Å². The fraction of sp³-hybridized carbons (Fsp3) is 0.438. The van der Waals surface area contributed by atoms with Crippen molar-refractivity contribution < 1.29 is 0 Å². The van der Waals surface area contributed by atoms with Crippen molar-refractivity contribution in [3.8, 4) is 0 Å². The van der Waals surface area contributed by atoms with Gasteiger partial charge in [0.1, 0.15) is 11.3 Å². The molecule has 0 atom stereocenters. The zero-order chi connectivity index (χ0) is 15.9. The lowest BCUT2D eigenvalue weighted by Crippen LogP contribution is -2.44. The van der Waals surface area contributed by atoms with Crippen molar-refractivity contribution in [3.63, 3.8) is 0 Å². The van der Waals surface area contributed by atoms with Crippen molar-refractivity contribution in [2.24, 2.45) is 0 Å². The lowest BCUT2D eigenvalue weighted by Gasteiger charge is -2.27. The SMILES string of the molecule is c1cc2c(Nc3cc(C4CC4)n[nH]3)nc(N3CCCCN3)nn2c1. The second-order valence-corrected chi connectivity index (χ2v) is 6.47. The van der Waals surface area contributed by atoms with Crippen molar-refractivity contribution in [2.75, 3.05) is 23.4 Å². The molecule has 0 aromatic carbocycles. The minimum absolute atomic E-state index is 0.628. The van der Waals surface area contributed by atoms with E-state index in [0.29, 0.717) is 11.9 Å². The van der Waals surface area contributed by atoms with Crippen LogP contribution < -0.4 is 15.8 Å². The van der Waals surface area contributed by atoms with Crippen LogP contribution in [-0.2, 0) is 0 Å². The van der Waals surface area contributed by atoms with Crippen LogP contribution in [0.2, 0.25) is 0 Å². The highest BCUT2D eigenvalue weighted by molar-refractivity contribution is 5.73. The highest BCUT2D eigenvalue weighted by atomic mass is 15.6. The number of hydrogen-bond acceptors (Lipinski definition) is 6. The number of hydrogen-bond donors (Lipinski definition) is 3. The van der Waals surface area contributed by atoms with Gasteiger partial charge in [-0.15, -0.1) is 5.10 Å². The fourth-order valence-corrected chi connectivity index (χ4v) is 3.11. The van der Waals surface area contributed by atoms with E-state index in [1.54, 1.807) is 0 Å². The molecule has 5 rings (SSSR count). The summed E-state index contributed by atoms with van der Waals surface area (Å²) in [5.74, 6) is 2.96. The lowest BCUT2D eigenvalue weighted by atomic mass is 10.3. The molecule has 0 spiro atoms. The van der Waals surface area contributed by atoms with E-state index in [0.717, 1.165) is 42.4 Å². The molecule has 3 aromatic heterocycles. The predicted molar refractivity (Wildman–Crippen MR) is 91.4 cm³/mol. The number of anilines is 3. The van der Waals surface area contributed by atoms with Gasteiger partial charge in [0, 0.05) is 31.3 Å². The van der Waals surface area contributed by atoms with Gasteiger partial charge in [0.15, 0.2) is 5.82 Å². The maximum Gasteiger partial charge on any atom is 0.260 e. The standard InChI is InChI=1S/C16H20N8/c1-2-8-24(17-7-1)16-19-15(13-4-3-9-23(13)22-16)18-14-10-12(20-21-14)11-5-6-11/h3-4,9-11,17H,1-2,5-8H2,(H2,18,19,20,21,22). The Morgan fingerprint density at radius 3 is 3.04 bits per heavy atom. The number of aromatic amines is 1. The molecule has 24 heavy (non-hydrogen) atoms. The molecule has 8 heteroatoms. The van der Waals surface area contributed by atoms with Gasteiger partial charge in [-0.05, 0) is 37.8 Å². The average molecular weight is 324 g/mol. The summed E-state index contributed by atoms with van der Waals surface area (Å²) in [7, 11) is 0. The Morgan fingerprint density at radius 2 is 2.21 bits per heavy atom. The Hall–Kier alpha value is -2.61. The van der Waals surface area contributed by atoms with Crippen LogP contribution in [0, 0.1) is 0 Å². The number of nitrogens with zero attached hydrogens (tertiary/aromatic N) is 5. The van der Waals surface area contributed by atoms with Gasteiger partial charge in [0.05, 0.1) is 5.69 Å². The van der Waals surface area contributed by atoms with Gasteiger partial charge < -0.3 is 5.32 Å². The zero-order valence-corrected chi connectivity index (χ0v) is 13.4. The topological polar surface area (TPSA) is 86.2 Å². The van der Waals surface area contributed by atoms with E-state index in [1.165, 1.54) is 19.3 Å². The molecule has 2 fully saturated rings. The van der Waals surface area contributed by atoms with E-state index in [-0.39, 0.29) is 0 Å². The molecule has 124 valence electrons. The Morgan fingerprint density at radius 1 is 1.25 bits per heavy atom. The second-order valence-electron chi connectivity index (χ2n) is 6.47. The number of rotatable bonds is 4. The van der Waals surface area contributed by atoms with Crippen LogP contribution >= 0.6 is 0 Å². The number of H-pyrrole nitrogens is 1. The van der Waals surface area contributed by atoms with Crippen LogP contribution in [-0.4, -0.2) is 37.9 Å². The van der Waals surface area contributed by atoms with Crippen LogP contribution in [0.15, 0.2) is 24.4 Å². The van der Waals surface area contributed by atoms with Crippen LogP contribution in [0.3, 0.4) is 0 Å². The largest absolute Gasteiger partial charge is 0.323 e. The van der Waals surface area contributed by atoms with Crippen molar-refractivity contribution in [3.05, 3.63) is 30.1 Å². The molecule has 3 N–H and O–H groups in total. The molecule has 8 nitrogen and oxygen atoms in total. The molecule has 1 saturated carbocycles. The van der Waals surface area contributed by atoms with Crippen LogP contribution in [0.4, 0.5) is 17.6 Å². The minimum atomic E-state index is 0.628. The molecule has 2 aliphatic rings. The molecule has 3 aromatic rings. The van der Waals surface area contributed by atoms with E-state index in [4.69, 9.17) is 4.98 Å². The zero-order valence-electron chi connectivity index (χ0n) is 13.4. The lowest BCUT2D eigenvalue weighted by molar-refractivity contribution is 0.499. The molecule has 0 radical (unpaired) electrons. The maximum absolute atomic E-state index is 4.73. The van der Waals surface area contributed by atoms with Crippen molar-refractivity contribution in [1.29, 1.82) is 0 Å². The second kappa shape index (κ2) is 5.48. The van der Waals surface area contributed by atoms with E-state index >= 15 is 0 Å². The summed E-state index contributed by atoms with van der Waals surface area (Å²) in [6, 6.07) is 6.07. The van der Waals surface area contributed by atoms with Crippen molar-refractivity contribution in [2.45, 2.75) is 31.6 Å². The summed E-state index contributed by atoms with van der Waals surface area (Å²) in [4.78, 5) is 4.73. The first-order valence-electron chi connectivity index (χ1n) is 8.55. The third-order valence-corrected chi connectivity index (χ3v) is 4.58. The normalized spacial score (nSPS) is 18.2. The third-order valence-electron chi connectivity index (χ3n) is 4.58. The molecule has 1 aliphatic heterocycles. The molecule has 0 unspecified atom stereocenters. The first-order valence-corrected chi connectivity index (χ1v) is 8.55. The van der Waals surface area contributed by atoms with Crippen LogP contribution in [0.1, 0.15) is 37.3 Å². The first kappa shape index (κ1) is 13.8. The number of nitrogens with one attached hydrogen (secondary N) is 3. The summed E-state index contributed by atoms with van der Waals surface area (Å²) in [6.07, 6.45) is 6.76. The Kier molecular flexibility index (Phi) is 3.15. The molecule has 0 amide bonds. The Bertz CT molecular complexity index is 856. The number of aromatic nitrogens is 5. The monoisotopic (exact) mass is 324 g/mol.